The Morgan fingerprint density at radius 3 is 2.24 bits per heavy atom. The number of rotatable bonds is 6. The average Bonchev–Trinajstić information content (AvgIpc) is 3.27. The van der Waals surface area contributed by atoms with E-state index in [1.54, 1.807) is 6.08 Å². The summed E-state index contributed by atoms with van der Waals surface area (Å²) in [5.74, 6) is -2.18. The number of carbonyl (C=O) groups excluding carboxylic acids is 2. The standard InChI is InChI=1S/C38H52O8/c1-34(2)22-45-38(46-23-34)19-16-30-31-26(14-18-37(30,42)21-38)29-15-17-36(4,41)35(29,3)20-28(31)25-12-10-24(11-13-25)8-7-9-27(32(39)43-5)33(40)44-6/h7-8,10-13,26-29,41-42H,9,14-23H2,1-6H3/b8-7+/t26?,28-,29?,35+,36+,37-/m1/s1. The minimum absolute atomic E-state index is 0.0334. The Hall–Kier alpha value is -2.52. The van der Waals surface area contributed by atoms with Crippen molar-refractivity contribution in [2.45, 2.75) is 108 Å². The van der Waals surface area contributed by atoms with Gasteiger partial charge >= 0.3 is 11.9 Å². The zero-order valence-electron chi connectivity index (χ0n) is 28.4. The number of fused-ring (bicyclic) bond motifs is 4. The summed E-state index contributed by atoms with van der Waals surface area (Å²) in [5, 5.41) is 24.1. The Bertz CT molecular complexity index is 1380. The summed E-state index contributed by atoms with van der Waals surface area (Å²) < 4.78 is 22.3. The molecule has 4 aliphatic carbocycles. The molecule has 1 spiro atoms. The van der Waals surface area contributed by atoms with E-state index in [0.29, 0.717) is 37.9 Å². The maximum absolute atomic E-state index is 12.4. The molecular formula is C38H52O8. The first-order valence-corrected chi connectivity index (χ1v) is 17.0. The molecule has 1 saturated heterocycles. The summed E-state index contributed by atoms with van der Waals surface area (Å²) in [4.78, 5) is 24.1. The van der Waals surface area contributed by atoms with Crippen LogP contribution in [-0.4, -0.2) is 66.6 Å². The molecule has 0 bridgehead atoms. The molecule has 2 N–H and O–H groups in total. The van der Waals surface area contributed by atoms with E-state index in [1.165, 1.54) is 30.9 Å². The third kappa shape index (κ3) is 5.67. The van der Waals surface area contributed by atoms with Crippen LogP contribution >= 0.6 is 0 Å². The van der Waals surface area contributed by atoms with Crippen molar-refractivity contribution in [3.63, 3.8) is 0 Å². The molecule has 0 amide bonds. The van der Waals surface area contributed by atoms with Crippen LogP contribution in [0.5, 0.6) is 0 Å². The number of ether oxygens (including phenoxy) is 4. The van der Waals surface area contributed by atoms with E-state index in [1.807, 2.05) is 13.0 Å². The zero-order chi connectivity index (χ0) is 33.1. The van der Waals surface area contributed by atoms with Crippen molar-refractivity contribution in [3.05, 3.63) is 52.6 Å². The third-order valence-electron chi connectivity index (χ3n) is 12.4. The number of benzene rings is 1. The summed E-state index contributed by atoms with van der Waals surface area (Å²) in [6, 6.07) is 8.45. The van der Waals surface area contributed by atoms with Crippen LogP contribution in [0.4, 0.5) is 0 Å². The average molecular weight is 637 g/mol. The van der Waals surface area contributed by atoms with E-state index in [-0.39, 0.29) is 23.2 Å². The lowest BCUT2D eigenvalue weighted by Crippen LogP contribution is -2.58. The van der Waals surface area contributed by atoms with Crippen molar-refractivity contribution in [2.24, 2.45) is 28.6 Å². The van der Waals surface area contributed by atoms with E-state index in [2.05, 4.69) is 45.0 Å². The summed E-state index contributed by atoms with van der Waals surface area (Å²) in [6.07, 6.45) is 10.1. The lowest BCUT2D eigenvalue weighted by atomic mass is 9.50. The quantitative estimate of drug-likeness (QED) is 0.219. The van der Waals surface area contributed by atoms with Gasteiger partial charge in [-0.2, -0.15) is 0 Å². The summed E-state index contributed by atoms with van der Waals surface area (Å²) in [5.41, 5.74) is 2.75. The van der Waals surface area contributed by atoms with Gasteiger partial charge in [0.2, 0.25) is 0 Å². The first kappa shape index (κ1) is 33.4. The molecule has 1 heterocycles. The zero-order valence-corrected chi connectivity index (χ0v) is 28.4. The van der Waals surface area contributed by atoms with Crippen LogP contribution in [0.1, 0.15) is 103 Å². The van der Waals surface area contributed by atoms with Gasteiger partial charge in [0.15, 0.2) is 11.7 Å². The topological polar surface area (TPSA) is 112 Å². The first-order valence-electron chi connectivity index (χ1n) is 17.0. The van der Waals surface area contributed by atoms with E-state index >= 15 is 0 Å². The number of aliphatic hydroxyl groups is 2. The van der Waals surface area contributed by atoms with Gasteiger partial charge in [0.1, 0.15) is 0 Å². The van der Waals surface area contributed by atoms with Crippen LogP contribution in [0, 0.1) is 28.6 Å². The molecule has 8 heteroatoms. The van der Waals surface area contributed by atoms with Crippen LogP contribution in [0.25, 0.3) is 6.08 Å². The molecule has 3 saturated carbocycles. The number of carbonyl (C=O) groups is 2. The van der Waals surface area contributed by atoms with E-state index < -0.39 is 34.8 Å². The van der Waals surface area contributed by atoms with E-state index in [0.717, 1.165) is 44.1 Å². The van der Waals surface area contributed by atoms with Crippen LogP contribution in [0.15, 0.2) is 41.5 Å². The van der Waals surface area contributed by atoms with Gasteiger partial charge in [0.25, 0.3) is 0 Å². The molecule has 1 aliphatic heterocycles. The highest BCUT2D eigenvalue weighted by atomic mass is 16.7. The molecule has 6 atom stereocenters. The number of esters is 2. The molecule has 1 aromatic carbocycles. The molecule has 0 radical (unpaired) electrons. The minimum Gasteiger partial charge on any atom is -0.468 e. The van der Waals surface area contributed by atoms with Gasteiger partial charge < -0.3 is 29.2 Å². The van der Waals surface area contributed by atoms with Crippen LogP contribution in [-0.2, 0) is 28.5 Å². The Morgan fingerprint density at radius 2 is 1.61 bits per heavy atom. The van der Waals surface area contributed by atoms with Crippen molar-refractivity contribution in [3.8, 4) is 0 Å². The fourth-order valence-electron chi connectivity index (χ4n) is 9.53. The fourth-order valence-corrected chi connectivity index (χ4v) is 9.53. The Morgan fingerprint density at radius 1 is 0.957 bits per heavy atom. The molecule has 6 rings (SSSR count). The van der Waals surface area contributed by atoms with Gasteiger partial charge in [-0.3, -0.25) is 9.59 Å². The molecule has 252 valence electrons. The lowest BCUT2D eigenvalue weighted by Gasteiger charge is -2.58. The largest absolute Gasteiger partial charge is 0.468 e. The van der Waals surface area contributed by atoms with Gasteiger partial charge in [-0.15, -0.1) is 0 Å². The normalized spacial score (nSPS) is 36.3. The summed E-state index contributed by atoms with van der Waals surface area (Å²) in [7, 11) is 2.52. The highest BCUT2D eigenvalue weighted by molar-refractivity contribution is 5.95. The van der Waals surface area contributed by atoms with Crippen LogP contribution in [0.2, 0.25) is 0 Å². The van der Waals surface area contributed by atoms with Gasteiger partial charge in [-0.05, 0) is 80.4 Å². The highest BCUT2D eigenvalue weighted by Crippen LogP contribution is 2.67. The van der Waals surface area contributed by atoms with Crippen molar-refractivity contribution >= 4 is 18.0 Å². The molecule has 0 aromatic heterocycles. The van der Waals surface area contributed by atoms with Gasteiger partial charge in [0.05, 0.1) is 38.6 Å². The molecular weight excluding hydrogens is 584 g/mol. The predicted octanol–water partition coefficient (Wildman–Crippen LogP) is 6.10. The smallest absolute Gasteiger partial charge is 0.320 e. The number of allylic oxidation sites excluding steroid dienone is 2. The molecule has 8 nitrogen and oxygen atoms in total. The molecule has 46 heavy (non-hydrogen) atoms. The molecule has 5 aliphatic rings. The fraction of sp³-hybridized carbons (Fsp3) is 0.684. The van der Waals surface area contributed by atoms with Gasteiger partial charge in [-0.1, -0.05) is 62.8 Å². The van der Waals surface area contributed by atoms with Crippen molar-refractivity contribution < 1.29 is 38.7 Å². The maximum atomic E-state index is 12.4. The molecule has 1 aromatic rings. The van der Waals surface area contributed by atoms with Crippen LogP contribution in [0.3, 0.4) is 0 Å². The number of methoxy groups -OCH3 is 2. The second-order valence-corrected chi connectivity index (χ2v) is 15.9. The number of hydrogen-bond acceptors (Lipinski definition) is 8. The van der Waals surface area contributed by atoms with Gasteiger partial charge in [0, 0.05) is 29.6 Å². The minimum atomic E-state index is -0.999. The molecule has 2 unspecified atom stereocenters. The van der Waals surface area contributed by atoms with Crippen molar-refractivity contribution in [2.75, 3.05) is 27.4 Å². The van der Waals surface area contributed by atoms with Crippen LogP contribution < -0.4 is 0 Å². The third-order valence-corrected chi connectivity index (χ3v) is 12.4. The summed E-state index contributed by atoms with van der Waals surface area (Å²) in [6.45, 7) is 9.87. The van der Waals surface area contributed by atoms with E-state index in [9.17, 15) is 19.8 Å². The van der Waals surface area contributed by atoms with E-state index in [4.69, 9.17) is 18.9 Å². The Labute approximate surface area is 273 Å². The van der Waals surface area contributed by atoms with Gasteiger partial charge in [-0.25, -0.2) is 0 Å². The van der Waals surface area contributed by atoms with Crippen molar-refractivity contribution in [1.29, 1.82) is 0 Å². The second-order valence-electron chi connectivity index (χ2n) is 15.9. The van der Waals surface area contributed by atoms with Crippen molar-refractivity contribution in [1.82, 2.24) is 0 Å². The monoisotopic (exact) mass is 636 g/mol. The molecule has 4 fully saturated rings. The first-order chi connectivity index (χ1) is 21.7. The summed E-state index contributed by atoms with van der Waals surface area (Å²) >= 11 is 0. The Kier molecular flexibility index (Phi) is 8.61. The number of hydrogen-bond donors (Lipinski definition) is 2. The lowest BCUT2D eigenvalue weighted by molar-refractivity contribution is -0.322. The predicted molar refractivity (Wildman–Crippen MR) is 173 cm³/mol. The maximum Gasteiger partial charge on any atom is 0.320 e. The SMILES string of the molecule is COC(=O)C(C/C=C/c1ccc([C@H]2C[C@@]3(C)C(CC[C@]3(C)O)C3CC[C@@]4(O)CC5(CCC4=C32)OCC(C)(C)CO5)cc1)C(=O)OC. The second kappa shape index (κ2) is 11.9. The Balaban J connectivity index is 1.31. The highest BCUT2D eigenvalue weighted by Gasteiger charge is 2.63.